The van der Waals surface area contributed by atoms with Crippen molar-refractivity contribution in [2.24, 2.45) is 0 Å². The molecule has 0 aliphatic carbocycles. The van der Waals surface area contributed by atoms with Crippen molar-refractivity contribution in [1.82, 2.24) is 8.94 Å². The summed E-state index contributed by atoms with van der Waals surface area (Å²) < 4.78 is 11.5. The fourth-order valence-electron chi connectivity index (χ4n) is 2.97. The zero-order valence-electron chi connectivity index (χ0n) is 14.0. The van der Waals surface area contributed by atoms with Crippen molar-refractivity contribution in [1.29, 1.82) is 0 Å². The molecule has 0 aliphatic heterocycles. The summed E-state index contributed by atoms with van der Waals surface area (Å²) >= 11 is 7.18. The van der Waals surface area contributed by atoms with Gasteiger partial charge in [-0.25, -0.2) is 4.37 Å². The predicted octanol–water partition coefficient (Wildman–Crippen LogP) is 5.04. The summed E-state index contributed by atoms with van der Waals surface area (Å²) in [5, 5.41) is 1.58. The lowest BCUT2D eigenvalue weighted by Gasteiger charge is -2.06. The molecule has 0 saturated carbocycles. The van der Waals surface area contributed by atoms with Crippen molar-refractivity contribution in [3.05, 3.63) is 82.0 Å². The first kappa shape index (κ1) is 16.8. The number of nitrogens with zero attached hydrogens (tertiary/aromatic N) is 2. The number of methoxy groups -OCH3 is 1. The van der Waals surface area contributed by atoms with Gasteiger partial charge in [0.1, 0.15) is 5.75 Å². The van der Waals surface area contributed by atoms with Gasteiger partial charge >= 0.3 is 0 Å². The van der Waals surface area contributed by atoms with Gasteiger partial charge in [-0.2, -0.15) is 0 Å². The van der Waals surface area contributed by atoms with E-state index in [1.54, 1.807) is 19.4 Å². The maximum Gasteiger partial charge on any atom is 0.206 e. The summed E-state index contributed by atoms with van der Waals surface area (Å²) in [7, 11) is 1.62. The molecule has 2 heterocycles. The monoisotopic (exact) mass is 382 g/mol. The Morgan fingerprint density at radius 1 is 1.19 bits per heavy atom. The number of carbonyl (C=O) groups excluding carboxylic acids is 1. The van der Waals surface area contributed by atoms with Crippen molar-refractivity contribution in [3.63, 3.8) is 0 Å². The number of aromatic nitrogens is 2. The molecule has 2 aromatic carbocycles. The van der Waals surface area contributed by atoms with Gasteiger partial charge in [-0.05, 0) is 53.5 Å². The number of fused-ring (bicyclic) bond motifs is 1. The molecule has 4 rings (SSSR count). The van der Waals surface area contributed by atoms with Gasteiger partial charge in [-0.3, -0.25) is 4.79 Å². The average molecular weight is 383 g/mol. The van der Waals surface area contributed by atoms with Crippen LogP contribution in [0, 0.1) is 0 Å². The zero-order valence-corrected chi connectivity index (χ0v) is 15.6. The quantitative estimate of drug-likeness (QED) is 0.454. The minimum Gasteiger partial charge on any atom is -0.497 e. The summed E-state index contributed by atoms with van der Waals surface area (Å²) in [5.41, 5.74) is 2.74. The van der Waals surface area contributed by atoms with Crippen molar-refractivity contribution in [2.75, 3.05) is 7.11 Å². The average Bonchev–Trinajstić information content (AvgIpc) is 3.31. The van der Waals surface area contributed by atoms with E-state index in [1.807, 2.05) is 48.7 Å². The molecule has 0 fully saturated rings. The van der Waals surface area contributed by atoms with E-state index in [1.165, 1.54) is 11.5 Å². The smallest absolute Gasteiger partial charge is 0.206 e. The highest BCUT2D eigenvalue weighted by Crippen LogP contribution is 2.29. The first-order valence-corrected chi connectivity index (χ1v) is 9.17. The van der Waals surface area contributed by atoms with Gasteiger partial charge < -0.3 is 9.30 Å². The lowest BCUT2D eigenvalue weighted by atomic mass is 10.1. The molecule has 4 nitrogen and oxygen atoms in total. The normalized spacial score (nSPS) is 11.0. The first-order chi connectivity index (χ1) is 12.7. The van der Waals surface area contributed by atoms with Gasteiger partial charge in [-0.1, -0.05) is 23.7 Å². The standard InChI is InChI=1S/C20H15ClN2O2S/c1-25-15-6-7-18-16(10-15)17(20(24)19-8-9-22-26-19)12-23(18)11-13-2-4-14(21)5-3-13/h2-10,12H,11H2,1H3. The Labute approximate surface area is 159 Å². The molecule has 0 aliphatic rings. The molecule has 0 bridgehead atoms. The molecular formula is C20H15ClN2O2S. The van der Waals surface area contributed by atoms with Crippen LogP contribution in [0.2, 0.25) is 5.02 Å². The largest absolute Gasteiger partial charge is 0.497 e. The molecule has 2 aromatic heterocycles. The Morgan fingerprint density at radius 2 is 2.00 bits per heavy atom. The lowest BCUT2D eigenvalue weighted by Crippen LogP contribution is -1.99. The number of ketones is 1. The second kappa shape index (κ2) is 6.94. The Kier molecular flexibility index (Phi) is 4.49. The first-order valence-electron chi connectivity index (χ1n) is 8.02. The minimum absolute atomic E-state index is 0.0272. The van der Waals surface area contributed by atoms with E-state index in [9.17, 15) is 4.79 Å². The highest BCUT2D eigenvalue weighted by atomic mass is 35.5. The van der Waals surface area contributed by atoms with Crippen LogP contribution >= 0.6 is 23.1 Å². The van der Waals surface area contributed by atoms with Crippen LogP contribution in [-0.2, 0) is 6.54 Å². The molecule has 130 valence electrons. The minimum atomic E-state index is -0.0272. The van der Waals surface area contributed by atoms with E-state index in [0.29, 0.717) is 22.0 Å². The van der Waals surface area contributed by atoms with Crippen LogP contribution in [0.3, 0.4) is 0 Å². The van der Waals surface area contributed by atoms with Gasteiger partial charge in [0.25, 0.3) is 0 Å². The number of hydrogen-bond acceptors (Lipinski definition) is 4. The second-order valence-corrected chi connectivity index (χ2v) is 7.16. The molecule has 0 atom stereocenters. The van der Waals surface area contributed by atoms with Gasteiger partial charge in [-0.15, -0.1) is 0 Å². The van der Waals surface area contributed by atoms with E-state index < -0.39 is 0 Å². The second-order valence-electron chi connectivity index (χ2n) is 5.89. The Balaban J connectivity index is 1.83. The summed E-state index contributed by atoms with van der Waals surface area (Å²) in [6.07, 6.45) is 3.55. The molecule has 0 unspecified atom stereocenters. The van der Waals surface area contributed by atoms with Crippen LogP contribution in [0.25, 0.3) is 10.9 Å². The van der Waals surface area contributed by atoms with E-state index in [4.69, 9.17) is 16.3 Å². The van der Waals surface area contributed by atoms with Gasteiger partial charge in [0, 0.05) is 40.4 Å². The van der Waals surface area contributed by atoms with Crippen molar-refractivity contribution in [3.8, 4) is 5.75 Å². The third-order valence-corrected chi connectivity index (χ3v) is 5.26. The fourth-order valence-corrected chi connectivity index (χ4v) is 3.64. The Hall–Kier alpha value is -2.63. The summed E-state index contributed by atoms with van der Waals surface area (Å²) in [5.74, 6) is 0.695. The highest BCUT2D eigenvalue weighted by Gasteiger charge is 2.18. The molecule has 26 heavy (non-hydrogen) atoms. The summed E-state index contributed by atoms with van der Waals surface area (Å²) in [6.45, 7) is 0.649. The molecule has 0 radical (unpaired) electrons. The molecule has 4 aromatic rings. The maximum atomic E-state index is 12.9. The van der Waals surface area contributed by atoms with Crippen LogP contribution in [0.15, 0.2) is 60.9 Å². The molecule has 6 heteroatoms. The fraction of sp³-hybridized carbons (Fsp3) is 0.100. The van der Waals surface area contributed by atoms with E-state index in [-0.39, 0.29) is 5.78 Å². The summed E-state index contributed by atoms with van der Waals surface area (Å²) in [6, 6.07) is 15.3. The number of rotatable bonds is 5. The highest BCUT2D eigenvalue weighted by molar-refractivity contribution is 7.08. The molecule has 0 saturated heterocycles. The Bertz CT molecular complexity index is 1070. The van der Waals surface area contributed by atoms with Crippen molar-refractivity contribution >= 4 is 39.8 Å². The van der Waals surface area contributed by atoms with Crippen LogP contribution in [0.1, 0.15) is 20.8 Å². The van der Waals surface area contributed by atoms with Crippen molar-refractivity contribution in [2.45, 2.75) is 6.54 Å². The van der Waals surface area contributed by atoms with Crippen LogP contribution in [0.5, 0.6) is 5.75 Å². The molecule has 0 N–H and O–H groups in total. The van der Waals surface area contributed by atoms with E-state index in [0.717, 1.165) is 22.2 Å². The van der Waals surface area contributed by atoms with Crippen LogP contribution < -0.4 is 4.74 Å². The zero-order chi connectivity index (χ0) is 18.1. The number of carbonyl (C=O) groups is 1. The topological polar surface area (TPSA) is 44.1 Å². The molecular weight excluding hydrogens is 368 g/mol. The van der Waals surface area contributed by atoms with Gasteiger partial charge in [0.2, 0.25) is 5.78 Å². The number of ether oxygens (including phenoxy) is 1. The molecule has 0 spiro atoms. The van der Waals surface area contributed by atoms with Gasteiger partial charge in [0.05, 0.1) is 12.0 Å². The van der Waals surface area contributed by atoms with E-state index in [2.05, 4.69) is 8.94 Å². The lowest BCUT2D eigenvalue weighted by molar-refractivity contribution is 0.104. The van der Waals surface area contributed by atoms with Crippen LogP contribution in [-0.4, -0.2) is 21.8 Å². The Morgan fingerprint density at radius 3 is 2.69 bits per heavy atom. The predicted molar refractivity (Wildman–Crippen MR) is 105 cm³/mol. The van der Waals surface area contributed by atoms with Crippen LogP contribution in [0.4, 0.5) is 0 Å². The maximum absolute atomic E-state index is 12.9. The van der Waals surface area contributed by atoms with Crippen molar-refractivity contribution < 1.29 is 9.53 Å². The molecule has 0 amide bonds. The third-order valence-electron chi connectivity index (χ3n) is 4.26. The summed E-state index contributed by atoms with van der Waals surface area (Å²) in [4.78, 5) is 13.6. The SMILES string of the molecule is COc1ccc2c(c1)c(C(=O)c1ccns1)cn2Cc1ccc(Cl)cc1. The van der Waals surface area contributed by atoms with E-state index >= 15 is 0 Å². The number of benzene rings is 2. The number of halogens is 1. The number of hydrogen-bond donors (Lipinski definition) is 0. The third kappa shape index (κ3) is 3.11. The van der Waals surface area contributed by atoms with Gasteiger partial charge in [0.15, 0.2) is 0 Å².